The summed E-state index contributed by atoms with van der Waals surface area (Å²) in [6.45, 7) is 5.68. The molecule has 0 bridgehead atoms. The minimum atomic E-state index is -0.0210. The molecule has 2 amide bonds. The molecule has 2 fully saturated rings. The third kappa shape index (κ3) is 3.03. The van der Waals surface area contributed by atoms with Gasteiger partial charge in [-0.25, -0.2) is 0 Å². The highest BCUT2D eigenvalue weighted by Gasteiger charge is 2.38. The average Bonchev–Trinajstić information content (AvgIpc) is 2.71. The molecule has 1 saturated heterocycles. The summed E-state index contributed by atoms with van der Waals surface area (Å²) in [5.41, 5.74) is 0.265. The van der Waals surface area contributed by atoms with Crippen LogP contribution in [0.15, 0.2) is 0 Å². The lowest BCUT2D eigenvalue weighted by Gasteiger charge is -2.38. The number of hydrogen-bond acceptors (Lipinski definition) is 2. The van der Waals surface area contributed by atoms with Crippen molar-refractivity contribution in [2.24, 2.45) is 11.3 Å². The smallest absolute Gasteiger partial charge is 0.242 e. The van der Waals surface area contributed by atoms with Gasteiger partial charge in [0.2, 0.25) is 11.8 Å². The molecule has 0 unspecified atom stereocenters. The molecule has 2 aliphatic rings. The van der Waals surface area contributed by atoms with Crippen LogP contribution in [0.5, 0.6) is 0 Å². The van der Waals surface area contributed by atoms with Gasteiger partial charge < -0.3 is 10.2 Å². The van der Waals surface area contributed by atoms with Gasteiger partial charge in [0.1, 0.15) is 0 Å². The summed E-state index contributed by atoms with van der Waals surface area (Å²) in [7, 11) is 0. The number of nitrogens with one attached hydrogen (secondary N) is 1. The molecule has 0 spiro atoms. The molecule has 4 heteroatoms. The quantitative estimate of drug-likeness (QED) is 0.825. The molecule has 0 aromatic carbocycles. The average molecular weight is 252 g/mol. The van der Waals surface area contributed by atoms with Crippen molar-refractivity contribution < 1.29 is 9.59 Å². The fourth-order valence-electron chi connectivity index (χ4n) is 3.57. The van der Waals surface area contributed by atoms with E-state index in [4.69, 9.17) is 0 Å². The van der Waals surface area contributed by atoms with Crippen LogP contribution in [-0.2, 0) is 9.59 Å². The topological polar surface area (TPSA) is 49.4 Å². The number of carbonyl (C=O) groups excluding carboxylic acids is 2. The predicted molar refractivity (Wildman–Crippen MR) is 69.9 cm³/mol. The van der Waals surface area contributed by atoms with Gasteiger partial charge in [0, 0.05) is 6.54 Å². The van der Waals surface area contributed by atoms with E-state index in [0.29, 0.717) is 5.92 Å². The van der Waals surface area contributed by atoms with E-state index >= 15 is 0 Å². The molecule has 1 N–H and O–H groups in total. The zero-order valence-corrected chi connectivity index (χ0v) is 11.5. The molecule has 0 radical (unpaired) electrons. The van der Waals surface area contributed by atoms with Crippen molar-refractivity contribution in [1.29, 1.82) is 0 Å². The van der Waals surface area contributed by atoms with E-state index in [1.165, 1.54) is 32.1 Å². The van der Waals surface area contributed by atoms with E-state index < -0.39 is 0 Å². The highest BCUT2D eigenvalue weighted by atomic mass is 16.2. The van der Waals surface area contributed by atoms with Crippen molar-refractivity contribution >= 4 is 11.8 Å². The SMILES string of the molecule is CC(C)CC1(CN2CC(=O)NCC2=O)CCCC1. The first-order valence-corrected chi connectivity index (χ1v) is 7.05. The van der Waals surface area contributed by atoms with Crippen molar-refractivity contribution in [1.82, 2.24) is 10.2 Å². The number of carbonyl (C=O) groups is 2. The maximum Gasteiger partial charge on any atom is 0.242 e. The number of rotatable bonds is 4. The van der Waals surface area contributed by atoms with Gasteiger partial charge in [0.15, 0.2) is 0 Å². The molecule has 1 aliphatic heterocycles. The standard InChI is InChI=1S/C14H24N2O2/c1-11(2)7-14(5-3-4-6-14)10-16-9-12(17)15-8-13(16)18/h11H,3-10H2,1-2H3,(H,15,17). The Morgan fingerprint density at radius 2 is 1.94 bits per heavy atom. The van der Waals surface area contributed by atoms with Gasteiger partial charge in [-0.1, -0.05) is 26.7 Å². The zero-order valence-electron chi connectivity index (χ0n) is 11.5. The van der Waals surface area contributed by atoms with Crippen LogP contribution in [0.4, 0.5) is 0 Å². The highest BCUT2D eigenvalue weighted by molar-refractivity contribution is 5.92. The monoisotopic (exact) mass is 252 g/mol. The minimum absolute atomic E-state index is 0.0210. The molecule has 1 aliphatic carbocycles. The molecular formula is C14H24N2O2. The molecule has 18 heavy (non-hydrogen) atoms. The van der Waals surface area contributed by atoms with Gasteiger partial charge >= 0.3 is 0 Å². The van der Waals surface area contributed by atoms with Crippen LogP contribution in [0.3, 0.4) is 0 Å². The molecule has 0 aromatic rings. The summed E-state index contributed by atoms with van der Waals surface area (Å²) in [4.78, 5) is 25.1. The lowest BCUT2D eigenvalue weighted by Crippen LogP contribution is -2.54. The summed E-state index contributed by atoms with van der Waals surface area (Å²) in [6, 6.07) is 0. The van der Waals surface area contributed by atoms with Crippen molar-refractivity contribution in [3.05, 3.63) is 0 Å². The van der Waals surface area contributed by atoms with Crippen molar-refractivity contribution in [2.45, 2.75) is 46.0 Å². The van der Waals surface area contributed by atoms with Crippen molar-refractivity contribution in [3.63, 3.8) is 0 Å². The molecule has 1 heterocycles. The maximum absolute atomic E-state index is 11.9. The van der Waals surface area contributed by atoms with E-state index in [-0.39, 0.29) is 30.3 Å². The summed E-state index contributed by atoms with van der Waals surface area (Å²) in [6.07, 6.45) is 6.10. The van der Waals surface area contributed by atoms with Crippen molar-refractivity contribution in [2.75, 3.05) is 19.6 Å². The first-order chi connectivity index (χ1) is 8.51. The van der Waals surface area contributed by atoms with E-state index in [0.717, 1.165) is 6.54 Å². The Labute approximate surface area is 109 Å². The van der Waals surface area contributed by atoms with E-state index in [1.54, 1.807) is 4.90 Å². The van der Waals surface area contributed by atoms with Crippen LogP contribution in [0.1, 0.15) is 46.0 Å². The highest BCUT2D eigenvalue weighted by Crippen LogP contribution is 2.43. The molecular weight excluding hydrogens is 228 g/mol. The van der Waals surface area contributed by atoms with E-state index in [2.05, 4.69) is 19.2 Å². The second-order valence-corrected chi connectivity index (χ2v) is 6.33. The minimum Gasteiger partial charge on any atom is -0.345 e. The van der Waals surface area contributed by atoms with Crippen LogP contribution in [0.2, 0.25) is 0 Å². The Bertz CT molecular complexity index is 333. The molecule has 4 nitrogen and oxygen atoms in total. The maximum atomic E-state index is 11.9. The van der Waals surface area contributed by atoms with Crippen LogP contribution < -0.4 is 5.32 Å². The summed E-state index contributed by atoms with van der Waals surface area (Å²) in [5, 5.41) is 2.61. The summed E-state index contributed by atoms with van der Waals surface area (Å²) >= 11 is 0. The van der Waals surface area contributed by atoms with Crippen LogP contribution in [0, 0.1) is 11.3 Å². The third-order valence-corrected chi connectivity index (χ3v) is 4.16. The Morgan fingerprint density at radius 1 is 1.28 bits per heavy atom. The van der Waals surface area contributed by atoms with Crippen LogP contribution in [0.25, 0.3) is 0 Å². The van der Waals surface area contributed by atoms with Gasteiger partial charge in [-0.15, -0.1) is 0 Å². The number of nitrogens with zero attached hydrogens (tertiary/aromatic N) is 1. The van der Waals surface area contributed by atoms with Crippen LogP contribution >= 0.6 is 0 Å². The first kappa shape index (κ1) is 13.4. The Morgan fingerprint density at radius 3 is 2.56 bits per heavy atom. The lowest BCUT2D eigenvalue weighted by molar-refractivity contribution is -0.142. The van der Waals surface area contributed by atoms with Gasteiger partial charge in [-0.3, -0.25) is 9.59 Å². The fourth-order valence-corrected chi connectivity index (χ4v) is 3.57. The second kappa shape index (κ2) is 5.29. The van der Waals surface area contributed by atoms with Gasteiger partial charge in [0.25, 0.3) is 0 Å². The zero-order chi connectivity index (χ0) is 13.2. The van der Waals surface area contributed by atoms with Gasteiger partial charge in [-0.2, -0.15) is 0 Å². The largest absolute Gasteiger partial charge is 0.345 e. The molecule has 0 aromatic heterocycles. The number of hydrogen-bond donors (Lipinski definition) is 1. The second-order valence-electron chi connectivity index (χ2n) is 6.33. The van der Waals surface area contributed by atoms with E-state index in [9.17, 15) is 9.59 Å². The van der Waals surface area contributed by atoms with Crippen molar-refractivity contribution in [3.8, 4) is 0 Å². The van der Waals surface area contributed by atoms with Crippen LogP contribution in [-0.4, -0.2) is 36.3 Å². The molecule has 1 saturated carbocycles. The molecule has 2 rings (SSSR count). The van der Waals surface area contributed by atoms with Gasteiger partial charge in [-0.05, 0) is 30.6 Å². The number of piperazine rings is 1. The Hall–Kier alpha value is -1.06. The van der Waals surface area contributed by atoms with Gasteiger partial charge in [0.05, 0.1) is 13.1 Å². The predicted octanol–water partition coefficient (Wildman–Crippen LogP) is 1.55. The van der Waals surface area contributed by atoms with E-state index in [1.807, 2.05) is 0 Å². The Kier molecular flexibility index (Phi) is 3.93. The third-order valence-electron chi connectivity index (χ3n) is 4.16. The fraction of sp³-hybridized carbons (Fsp3) is 0.857. The summed E-state index contributed by atoms with van der Waals surface area (Å²) in [5.74, 6) is 0.703. The summed E-state index contributed by atoms with van der Waals surface area (Å²) < 4.78 is 0. The molecule has 0 atom stereocenters. The normalized spacial score (nSPS) is 23.6. The number of amides is 2. The Balaban J connectivity index is 2.03. The molecule has 102 valence electrons. The first-order valence-electron chi connectivity index (χ1n) is 7.05. The lowest BCUT2D eigenvalue weighted by atomic mass is 9.78.